The third kappa shape index (κ3) is 6.14. The van der Waals surface area contributed by atoms with Crippen LogP contribution in [0, 0.1) is 7.14 Å². The Morgan fingerprint density at radius 2 is 1.68 bits per heavy atom. The first-order valence-corrected chi connectivity index (χ1v) is 13.5. The van der Waals surface area contributed by atoms with Crippen LogP contribution >= 0.6 is 56.9 Å². The first kappa shape index (κ1) is 25.1. The summed E-state index contributed by atoms with van der Waals surface area (Å²) in [4.78, 5) is 27.2. The second-order valence-electron chi connectivity index (χ2n) is 7.43. The van der Waals surface area contributed by atoms with Crippen molar-refractivity contribution in [3.05, 3.63) is 95.5 Å². The van der Waals surface area contributed by atoms with Crippen molar-refractivity contribution in [3.63, 3.8) is 0 Å². The summed E-state index contributed by atoms with van der Waals surface area (Å²) in [5.74, 6) is 0.982. The molecule has 0 atom stereocenters. The second-order valence-corrected chi connectivity index (χ2v) is 10.8. The molecule has 0 saturated carbocycles. The van der Waals surface area contributed by atoms with E-state index in [4.69, 9.17) is 9.47 Å². The predicted octanol–water partition coefficient (Wildman–Crippen LogP) is 7.11. The van der Waals surface area contributed by atoms with Crippen LogP contribution in [0.1, 0.15) is 23.6 Å². The Bertz CT molecular complexity index is 1230. The molecule has 0 N–H and O–H groups in total. The molecule has 5 nitrogen and oxygen atoms in total. The van der Waals surface area contributed by atoms with Crippen LogP contribution < -0.4 is 9.47 Å². The molecule has 0 bridgehead atoms. The third-order valence-corrected chi connectivity index (χ3v) is 7.41. The molecule has 1 aliphatic heterocycles. The van der Waals surface area contributed by atoms with E-state index < -0.39 is 0 Å². The maximum Gasteiger partial charge on any atom is 0.293 e. The summed E-state index contributed by atoms with van der Waals surface area (Å²) in [5.41, 5.74) is 2.75. The number of amides is 2. The van der Waals surface area contributed by atoms with E-state index in [0.717, 1.165) is 35.6 Å². The van der Waals surface area contributed by atoms with Gasteiger partial charge in [-0.25, -0.2) is 0 Å². The Morgan fingerprint density at radius 1 is 0.941 bits per heavy atom. The minimum Gasteiger partial charge on any atom is -0.490 e. The van der Waals surface area contributed by atoms with E-state index in [1.807, 2.05) is 73.7 Å². The van der Waals surface area contributed by atoms with Crippen molar-refractivity contribution in [3.8, 4) is 11.5 Å². The van der Waals surface area contributed by atoms with E-state index in [1.54, 1.807) is 6.08 Å². The summed E-state index contributed by atoms with van der Waals surface area (Å²) >= 11 is 5.39. The van der Waals surface area contributed by atoms with Crippen molar-refractivity contribution in [2.75, 3.05) is 6.61 Å². The molecule has 174 valence electrons. The Morgan fingerprint density at radius 3 is 2.38 bits per heavy atom. The second kappa shape index (κ2) is 11.6. The van der Waals surface area contributed by atoms with Gasteiger partial charge in [0.15, 0.2) is 11.5 Å². The molecular weight excluding hydrogens is 676 g/mol. The van der Waals surface area contributed by atoms with Gasteiger partial charge in [-0.15, -0.1) is 0 Å². The zero-order valence-corrected chi connectivity index (χ0v) is 23.4. The lowest BCUT2D eigenvalue weighted by atomic mass is 10.1. The molecular formula is C26H21I2NO4S. The number of hydrogen-bond acceptors (Lipinski definition) is 5. The standard InChI is InChI=1S/C26H21I2NO4S/c1-2-32-22-13-19(12-21(28)24(22)33-16-18-6-4-3-5-7-18)14-23-25(30)29(26(31)34-23)15-17-8-10-20(27)11-9-17/h3-14H,2,15-16H2,1H3/b23-14-. The number of carbonyl (C=O) groups is 2. The SMILES string of the molecule is CCOc1cc(/C=C2\SC(=O)N(Cc3ccc(I)cc3)C2=O)cc(I)c1OCc1ccccc1. The Hall–Kier alpha value is -2.05. The Balaban J connectivity index is 1.55. The van der Waals surface area contributed by atoms with Gasteiger partial charge in [0.2, 0.25) is 0 Å². The molecule has 8 heteroatoms. The van der Waals surface area contributed by atoms with E-state index in [2.05, 4.69) is 45.2 Å². The smallest absolute Gasteiger partial charge is 0.293 e. The van der Waals surface area contributed by atoms with Crippen molar-refractivity contribution in [1.29, 1.82) is 0 Å². The summed E-state index contributed by atoms with van der Waals surface area (Å²) in [5, 5.41) is -0.266. The number of nitrogens with zero attached hydrogens (tertiary/aromatic N) is 1. The number of rotatable bonds is 8. The van der Waals surface area contributed by atoms with Gasteiger partial charge in [0, 0.05) is 3.57 Å². The van der Waals surface area contributed by atoms with Crippen LogP contribution in [-0.2, 0) is 17.9 Å². The number of benzene rings is 3. The number of hydrogen-bond donors (Lipinski definition) is 0. The highest BCUT2D eigenvalue weighted by Crippen LogP contribution is 2.38. The Labute approximate surface area is 230 Å². The lowest BCUT2D eigenvalue weighted by Crippen LogP contribution is -2.27. The van der Waals surface area contributed by atoms with Crippen LogP contribution in [0.2, 0.25) is 0 Å². The highest BCUT2D eigenvalue weighted by atomic mass is 127. The van der Waals surface area contributed by atoms with Crippen LogP contribution in [0.25, 0.3) is 6.08 Å². The molecule has 0 radical (unpaired) electrons. The van der Waals surface area contributed by atoms with Crippen LogP contribution in [-0.4, -0.2) is 22.7 Å². The summed E-state index contributed by atoms with van der Waals surface area (Å²) in [6, 6.07) is 21.5. The molecule has 1 aliphatic rings. The predicted molar refractivity (Wildman–Crippen MR) is 152 cm³/mol. The fourth-order valence-corrected chi connectivity index (χ4v) is 5.34. The van der Waals surface area contributed by atoms with Crippen molar-refractivity contribution in [2.45, 2.75) is 20.1 Å². The van der Waals surface area contributed by atoms with Gasteiger partial charge < -0.3 is 9.47 Å². The molecule has 3 aromatic carbocycles. The quantitative estimate of drug-likeness (QED) is 0.186. The lowest BCUT2D eigenvalue weighted by Gasteiger charge is -2.15. The summed E-state index contributed by atoms with van der Waals surface area (Å²) < 4.78 is 13.9. The maximum atomic E-state index is 13.0. The monoisotopic (exact) mass is 697 g/mol. The molecule has 1 fully saturated rings. The van der Waals surface area contributed by atoms with Crippen LogP contribution in [0.15, 0.2) is 71.6 Å². The van der Waals surface area contributed by atoms with Crippen molar-refractivity contribution < 1.29 is 19.1 Å². The van der Waals surface area contributed by atoms with Gasteiger partial charge in [0.25, 0.3) is 11.1 Å². The van der Waals surface area contributed by atoms with Crippen molar-refractivity contribution in [2.24, 2.45) is 0 Å². The number of imide groups is 1. The Kier molecular flexibility index (Phi) is 8.54. The topological polar surface area (TPSA) is 55.8 Å². The molecule has 0 spiro atoms. The minimum absolute atomic E-state index is 0.257. The highest BCUT2D eigenvalue weighted by molar-refractivity contribution is 14.1. The molecule has 2 amide bonds. The van der Waals surface area contributed by atoms with Gasteiger partial charge in [-0.1, -0.05) is 42.5 Å². The number of thioether (sulfide) groups is 1. The summed E-state index contributed by atoms with van der Waals surface area (Å²) in [6.07, 6.45) is 1.74. The van der Waals surface area contributed by atoms with Gasteiger partial charge in [0.1, 0.15) is 6.61 Å². The molecule has 0 aromatic heterocycles. The van der Waals surface area contributed by atoms with Gasteiger partial charge in [-0.3, -0.25) is 14.5 Å². The molecule has 1 saturated heterocycles. The number of ether oxygens (including phenoxy) is 2. The average molecular weight is 697 g/mol. The minimum atomic E-state index is -0.286. The molecule has 1 heterocycles. The van der Waals surface area contributed by atoms with Gasteiger partial charge in [0.05, 0.1) is 21.6 Å². The van der Waals surface area contributed by atoms with E-state index >= 15 is 0 Å². The summed E-state index contributed by atoms with van der Waals surface area (Å²) in [6.45, 7) is 3.07. The zero-order valence-electron chi connectivity index (χ0n) is 18.3. The third-order valence-electron chi connectivity index (χ3n) is 4.98. The van der Waals surface area contributed by atoms with E-state index in [1.165, 1.54) is 4.90 Å². The zero-order chi connectivity index (χ0) is 24.1. The molecule has 0 unspecified atom stereocenters. The van der Waals surface area contributed by atoms with Crippen molar-refractivity contribution >= 4 is 74.2 Å². The molecule has 3 aromatic rings. The molecule has 4 rings (SSSR count). The van der Waals surface area contributed by atoms with E-state index in [0.29, 0.717) is 29.6 Å². The van der Waals surface area contributed by atoms with Crippen molar-refractivity contribution in [1.82, 2.24) is 4.90 Å². The molecule has 0 aliphatic carbocycles. The number of halogens is 2. The van der Waals surface area contributed by atoms with Crippen LogP contribution in [0.3, 0.4) is 0 Å². The fraction of sp³-hybridized carbons (Fsp3) is 0.154. The van der Waals surface area contributed by atoms with Gasteiger partial charge in [-0.05, 0) is 111 Å². The largest absolute Gasteiger partial charge is 0.490 e. The van der Waals surface area contributed by atoms with Gasteiger partial charge in [-0.2, -0.15) is 0 Å². The molecule has 34 heavy (non-hydrogen) atoms. The first-order valence-electron chi connectivity index (χ1n) is 10.6. The van der Waals surface area contributed by atoms with Crippen LogP contribution in [0.4, 0.5) is 4.79 Å². The highest BCUT2D eigenvalue weighted by Gasteiger charge is 2.35. The average Bonchev–Trinajstić information content (AvgIpc) is 3.08. The first-order chi connectivity index (χ1) is 16.4. The maximum absolute atomic E-state index is 13.0. The normalized spacial score (nSPS) is 14.7. The van der Waals surface area contributed by atoms with E-state index in [-0.39, 0.29) is 17.7 Å². The van der Waals surface area contributed by atoms with E-state index in [9.17, 15) is 9.59 Å². The van der Waals surface area contributed by atoms with Crippen LogP contribution in [0.5, 0.6) is 11.5 Å². The van der Waals surface area contributed by atoms with Gasteiger partial charge >= 0.3 is 0 Å². The number of carbonyl (C=O) groups excluding carboxylic acids is 2. The lowest BCUT2D eigenvalue weighted by molar-refractivity contribution is -0.123. The summed E-state index contributed by atoms with van der Waals surface area (Å²) in [7, 11) is 0. The fourth-order valence-electron chi connectivity index (χ4n) is 3.36.